The molecule has 0 unspecified atom stereocenters. The number of carbonyl (C=O) groups excluding carboxylic acids is 1. The second-order valence-electron chi connectivity index (χ2n) is 3.74. The van der Waals surface area contributed by atoms with Crippen LogP contribution in [0.2, 0.25) is 10.0 Å². The van der Waals surface area contributed by atoms with Gasteiger partial charge in [0.05, 0.1) is 20.5 Å². The molecule has 0 atom stereocenters. The first-order valence-corrected chi connectivity index (χ1v) is 8.27. The molecule has 1 aromatic heterocycles. The highest BCUT2D eigenvalue weighted by molar-refractivity contribution is 7.92. The molecule has 0 saturated carbocycles. The lowest BCUT2D eigenvalue weighted by Crippen LogP contribution is -2.13. The Morgan fingerprint density at radius 3 is 2.55 bits per heavy atom. The molecule has 3 N–H and O–H groups in total. The topological polar surface area (TPSA) is 89.3 Å². The van der Waals surface area contributed by atoms with Gasteiger partial charge >= 0.3 is 0 Å². The fourth-order valence-corrected chi connectivity index (χ4v) is 3.96. The van der Waals surface area contributed by atoms with Crippen LogP contribution in [0.3, 0.4) is 0 Å². The van der Waals surface area contributed by atoms with Crippen LogP contribution in [-0.4, -0.2) is 14.3 Å². The largest absolute Gasteiger partial charge is 0.365 e. The Morgan fingerprint density at radius 2 is 1.95 bits per heavy atom. The van der Waals surface area contributed by atoms with Crippen molar-refractivity contribution >= 4 is 56.2 Å². The van der Waals surface area contributed by atoms with E-state index in [9.17, 15) is 13.2 Å². The average molecular weight is 351 g/mol. The zero-order valence-electron chi connectivity index (χ0n) is 9.76. The van der Waals surface area contributed by atoms with Gasteiger partial charge in [0.25, 0.3) is 15.9 Å². The lowest BCUT2D eigenvalue weighted by Gasteiger charge is -2.08. The monoisotopic (exact) mass is 350 g/mol. The molecule has 1 amide bonds. The Balaban J connectivity index is 2.35. The molecular formula is C11H8Cl2N2O3S2. The van der Waals surface area contributed by atoms with E-state index in [0.29, 0.717) is 5.02 Å². The number of hydrogen-bond acceptors (Lipinski definition) is 4. The molecule has 20 heavy (non-hydrogen) atoms. The van der Waals surface area contributed by atoms with Gasteiger partial charge in [-0.15, -0.1) is 11.3 Å². The Hall–Kier alpha value is -1.28. The predicted octanol–water partition coefficient (Wildman–Crippen LogP) is 2.95. The van der Waals surface area contributed by atoms with E-state index >= 15 is 0 Å². The quantitative estimate of drug-likeness (QED) is 0.887. The van der Waals surface area contributed by atoms with E-state index in [4.69, 9.17) is 28.9 Å². The number of hydrogen-bond donors (Lipinski definition) is 2. The summed E-state index contributed by atoms with van der Waals surface area (Å²) in [6, 6.07) is 5.61. The van der Waals surface area contributed by atoms with Crippen molar-refractivity contribution in [3.63, 3.8) is 0 Å². The van der Waals surface area contributed by atoms with Gasteiger partial charge in [0.1, 0.15) is 0 Å². The van der Waals surface area contributed by atoms with Crippen LogP contribution in [0.15, 0.2) is 34.5 Å². The van der Waals surface area contributed by atoms with E-state index in [1.807, 2.05) is 0 Å². The average Bonchev–Trinajstić information content (AvgIpc) is 2.84. The number of primary amides is 1. The highest BCUT2D eigenvalue weighted by Gasteiger charge is 2.19. The maximum atomic E-state index is 12.1. The third-order valence-electron chi connectivity index (χ3n) is 2.30. The van der Waals surface area contributed by atoms with Crippen LogP contribution < -0.4 is 10.5 Å². The Labute approximate surface area is 129 Å². The number of benzene rings is 1. The van der Waals surface area contributed by atoms with Crippen molar-refractivity contribution < 1.29 is 13.2 Å². The van der Waals surface area contributed by atoms with Gasteiger partial charge in [0.15, 0.2) is 0 Å². The van der Waals surface area contributed by atoms with Crippen LogP contribution in [0.5, 0.6) is 0 Å². The van der Waals surface area contributed by atoms with Crippen LogP contribution in [0, 0.1) is 0 Å². The van der Waals surface area contributed by atoms with Crippen LogP contribution >= 0.6 is 34.5 Å². The minimum Gasteiger partial charge on any atom is -0.365 e. The summed E-state index contributed by atoms with van der Waals surface area (Å²) < 4.78 is 26.6. The molecule has 0 fully saturated rings. The molecule has 0 aliphatic carbocycles. The fourth-order valence-electron chi connectivity index (χ4n) is 1.37. The normalized spacial score (nSPS) is 11.3. The van der Waals surface area contributed by atoms with Crippen LogP contribution in [0.25, 0.3) is 0 Å². The number of rotatable bonds is 4. The molecule has 106 valence electrons. The van der Waals surface area contributed by atoms with E-state index in [1.165, 1.54) is 29.6 Å². The van der Waals surface area contributed by atoms with Crippen LogP contribution in [0.1, 0.15) is 9.67 Å². The standard InChI is InChI=1S/C11H8Cl2N2O3S2/c12-6-1-2-8(13)9(3-6)15-20(17,18)7-4-10(11(14)16)19-5-7/h1-5,15H,(H2,14,16). The third-order valence-corrected chi connectivity index (χ3v) is 5.30. The van der Waals surface area contributed by atoms with E-state index in [0.717, 1.165) is 11.3 Å². The molecule has 1 aromatic carbocycles. The lowest BCUT2D eigenvalue weighted by atomic mass is 10.3. The smallest absolute Gasteiger partial charge is 0.262 e. The lowest BCUT2D eigenvalue weighted by molar-refractivity contribution is 0.100. The summed E-state index contributed by atoms with van der Waals surface area (Å²) in [5, 5.41) is 1.87. The van der Waals surface area contributed by atoms with Crippen molar-refractivity contribution in [1.82, 2.24) is 0 Å². The molecule has 9 heteroatoms. The predicted molar refractivity (Wildman–Crippen MR) is 80.1 cm³/mol. The molecule has 2 rings (SSSR count). The van der Waals surface area contributed by atoms with Gasteiger partial charge in [0.2, 0.25) is 0 Å². The summed E-state index contributed by atoms with van der Waals surface area (Å²) in [7, 11) is -3.86. The van der Waals surface area contributed by atoms with Gasteiger partial charge in [0, 0.05) is 10.4 Å². The van der Waals surface area contributed by atoms with E-state index in [1.54, 1.807) is 0 Å². The van der Waals surface area contributed by atoms with Crippen molar-refractivity contribution in [2.45, 2.75) is 4.90 Å². The number of nitrogens with one attached hydrogen (secondary N) is 1. The molecule has 2 aromatic rings. The zero-order chi connectivity index (χ0) is 14.9. The number of nitrogens with two attached hydrogens (primary N) is 1. The molecule has 0 spiro atoms. The Bertz CT molecular complexity index is 772. The molecule has 0 radical (unpaired) electrons. The van der Waals surface area contributed by atoms with Crippen molar-refractivity contribution in [2.75, 3.05) is 4.72 Å². The van der Waals surface area contributed by atoms with Crippen LogP contribution in [-0.2, 0) is 10.0 Å². The Kier molecular flexibility index (Phi) is 4.24. The van der Waals surface area contributed by atoms with Crippen molar-refractivity contribution in [2.24, 2.45) is 5.73 Å². The summed E-state index contributed by atoms with van der Waals surface area (Å²) >= 11 is 12.6. The maximum absolute atomic E-state index is 12.1. The third kappa shape index (κ3) is 3.24. The maximum Gasteiger partial charge on any atom is 0.262 e. The summed E-state index contributed by atoms with van der Waals surface area (Å²) in [4.78, 5) is 11.1. The fraction of sp³-hybridized carbons (Fsp3) is 0. The minimum absolute atomic E-state index is 0.0626. The van der Waals surface area contributed by atoms with E-state index < -0.39 is 15.9 Å². The SMILES string of the molecule is NC(=O)c1cc(S(=O)(=O)Nc2cc(Cl)ccc2Cl)cs1. The van der Waals surface area contributed by atoms with Gasteiger partial charge < -0.3 is 5.73 Å². The first kappa shape index (κ1) is 15.1. The first-order valence-electron chi connectivity index (χ1n) is 5.16. The molecule has 0 saturated heterocycles. The van der Waals surface area contributed by atoms with Gasteiger partial charge in [-0.05, 0) is 24.3 Å². The number of anilines is 1. The number of sulfonamides is 1. The van der Waals surface area contributed by atoms with Crippen molar-refractivity contribution in [3.8, 4) is 0 Å². The molecular weight excluding hydrogens is 343 g/mol. The number of amides is 1. The molecule has 0 bridgehead atoms. The second-order valence-corrected chi connectivity index (χ2v) is 7.18. The molecule has 5 nitrogen and oxygen atoms in total. The van der Waals surface area contributed by atoms with Gasteiger partial charge in [-0.25, -0.2) is 8.42 Å². The number of carbonyl (C=O) groups is 1. The minimum atomic E-state index is -3.86. The summed E-state index contributed by atoms with van der Waals surface area (Å²) in [6.07, 6.45) is 0. The molecule has 1 heterocycles. The Morgan fingerprint density at radius 1 is 1.25 bits per heavy atom. The summed E-state index contributed by atoms with van der Waals surface area (Å²) in [6.45, 7) is 0. The van der Waals surface area contributed by atoms with Gasteiger partial charge in [-0.2, -0.15) is 0 Å². The number of halogens is 2. The highest BCUT2D eigenvalue weighted by Crippen LogP contribution is 2.28. The highest BCUT2D eigenvalue weighted by atomic mass is 35.5. The summed E-state index contributed by atoms with van der Waals surface area (Å²) in [5.74, 6) is -0.683. The van der Waals surface area contributed by atoms with E-state index in [-0.39, 0.29) is 20.5 Å². The first-order chi connectivity index (χ1) is 9.29. The van der Waals surface area contributed by atoms with Crippen molar-refractivity contribution in [1.29, 1.82) is 0 Å². The second kappa shape index (κ2) is 5.61. The molecule has 0 aliphatic rings. The van der Waals surface area contributed by atoms with Gasteiger partial charge in [-0.1, -0.05) is 23.2 Å². The summed E-state index contributed by atoms with van der Waals surface area (Å²) in [5.41, 5.74) is 5.24. The van der Waals surface area contributed by atoms with Crippen LogP contribution in [0.4, 0.5) is 5.69 Å². The zero-order valence-corrected chi connectivity index (χ0v) is 12.9. The van der Waals surface area contributed by atoms with Crippen molar-refractivity contribution in [3.05, 3.63) is 44.6 Å². The van der Waals surface area contributed by atoms with Gasteiger partial charge in [-0.3, -0.25) is 9.52 Å². The molecule has 0 aliphatic heterocycles. The van der Waals surface area contributed by atoms with E-state index in [2.05, 4.69) is 4.72 Å². The number of thiophene rings is 1.